The summed E-state index contributed by atoms with van der Waals surface area (Å²) >= 11 is 6.03. The van der Waals surface area contributed by atoms with E-state index in [1.54, 1.807) is 6.07 Å². The first-order valence-corrected chi connectivity index (χ1v) is 5.54. The first-order valence-electron chi connectivity index (χ1n) is 5.16. The average Bonchev–Trinajstić information content (AvgIpc) is 2.15. The molecule has 2 nitrogen and oxygen atoms in total. The van der Waals surface area contributed by atoms with Crippen molar-refractivity contribution >= 4 is 17.3 Å². The lowest BCUT2D eigenvalue weighted by molar-refractivity contribution is 0.0235. The van der Waals surface area contributed by atoms with Crippen molar-refractivity contribution in [1.82, 2.24) is 0 Å². The second-order valence-electron chi connectivity index (χ2n) is 4.11. The molecule has 0 aliphatic heterocycles. The number of anilines is 1. The smallest absolute Gasteiger partial charge is 0.0735 e. The lowest BCUT2D eigenvalue weighted by Crippen LogP contribution is -2.15. The first-order chi connectivity index (χ1) is 7.00. The molecule has 1 atom stereocenters. The van der Waals surface area contributed by atoms with E-state index in [0.717, 1.165) is 5.56 Å². The van der Waals surface area contributed by atoms with Crippen LogP contribution < -0.4 is 5.73 Å². The molecule has 1 rings (SSSR count). The van der Waals surface area contributed by atoms with Crippen molar-refractivity contribution in [3.05, 3.63) is 28.8 Å². The molecule has 0 radical (unpaired) electrons. The number of ether oxygens (including phenoxy) is 1. The summed E-state index contributed by atoms with van der Waals surface area (Å²) < 4.78 is 5.68. The summed E-state index contributed by atoms with van der Waals surface area (Å²) in [5.41, 5.74) is 7.27. The molecule has 3 heteroatoms. The van der Waals surface area contributed by atoms with Gasteiger partial charge in [-0.1, -0.05) is 31.5 Å². The zero-order valence-corrected chi connectivity index (χ0v) is 10.2. The van der Waals surface area contributed by atoms with Crippen molar-refractivity contribution in [3.8, 4) is 0 Å². The number of nitrogens with two attached hydrogens (primary N) is 1. The molecule has 1 aromatic carbocycles. The third kappa shape index (κ3) is 3.73. The summed E-state index contributed by atoms with van der Waals surface area (Å²) in [4.78, 5) is 0. The summed E-state index contributed by atoms with van der Waals surface area (Å²) in [5.74, 6) is 0.512. The monoisotopic (exact) mass is 227 g/mol. The van der Waals surface area contributed by atoms with Crippen LogP contribution in [0.25, 0.3) is 0 Å². The fourth-order valence-electron chi connectivity index (χ4n) is 1.09. The number of benzene rings is 1. The highest BCUT2D eigenvalue weighted by atomic mass is 35.5. The van der Waals surface area contributed by atoms with Crippen molar-refractivity contribution in [2.75, 3.05) is 5.73 Å². The molecule has 0 bridgehead atoms. The van der Waals surface area contributed by atoms with Crippen LogP contribution in [0.1, 0.15) is 26.3 Å². The van der Waals surface area contributed by atoms with E-state index in [4.69, 9.17) is 22.1 Å². The molecule has 2 N–H and O–H groups in total. The Hall–Kier alpha value is -0.730. The van der Waals surface area contributed by atoms with Gasteiger partial charge in [0.15, 0.2) is 0 Å². The number of halogens is 1. The first kappa shape index (κ1) is 12.3. The molecule has 1 unspecified atom stereocenters. The number of hydrogen-bond acceptors (Lipinski definition) is 2. The Morgan fingerprint density at radius 3 is 2.53 bits per heavy atom. The normalized spacial score (nSPS) is 13.1. The molecule has 0 aromatic heterocycles. The van der Waals surface area contributed by atoms with E-state index in [-0.39, 0.29) is 6.10 Å². The van der Waals surface area contributed by atoms with E-state index < -0.39 is 0 Å². The van der Waals surface area contributed by atoms with E-state index >= 15 is 0 Å². The zero-order chi connectivity index (χ0) is 11.4. The molecule has 84 valence electrons. The molecule has 0 spiro atoms. The molecule has 0 aliphatic rings. The molecule has 1 aromatic rings. The lowest BCUT2D eigenvalue weighted by atomic mass is 10.1. The molecule has 0 heterocycles. The summed E-state index contributed by atoms with van der Waals surface area (Å²) in [6.07, 6.45) is 0.235. The Morgan fingerprint density at radius 2 is 2.00 bits per heavy atom. The molecule has 0 aliphatic carbocycles. The van der Waals surface area contributed by atoms with E-state index in [1.807, 2.05) is 12.1 Å². The number of rotatable bonds is 4. The average molecular weight is 228 g/mol. The van der Waals surface area contributed by atoms with E-state index in [2.05, 4.69) is 20.8 Å². The SMILES string of the molecule is CC(C)C(C)OCc1ccc(N)cc1Cl. The highest BCUT2D eigenvalue weighted by Crippen LogP contribution is 2.21. The number of hydrogen-bond donors (Lipinski definition) is 1. The van der Waals surface area contributed by atoms with Crippen molar-refractivity contribution in [2.24, 2.45) is 5.92 Å². The fraction of sp³-hybridized carbons (Fsp3) is 0.500. The maximum atomic E-state index is 6.03. The van der Waals surface area contributed by atoms with Gasteiger partial charge in [0.1, 0.15) is 0 Å². The predicted octanol–water partition coefficient (Wildman–Crippen LogP) is 3.48. The van der Waals surface area contributed by atoms with Gasteiger partial charge >= 0.3 is 0 Å². The largest absolute Gasteiger partial charge is 0.399 e. The molecular weight excluding hydrogens is 210 g/mol. The molecule has 0 saturated carbocycles. The molecule has 0 fully saturated rings. The van der Waals surface area contributed by atoms with Crippen LogP contribution in [0.3, 0.4) is 0 Å². The van der Waals surface area contributed by atoms with Gasteiger partial charge in [-0.05, 0) is 30.5 Å². The van der Waals surface area contributed by atoms with Crippen LogP contribution in [0.5, 0.6) is 0 Å². The van der Waals surface area contributed by atoms with Gasteiger partial charge < -0.3 is 10.5 Å². The topological polar surface area (TPSA) is 35.2 Å². The number of nitrogen functional groups attached to an aromatic ring is 1. The van der Waals surface area contributed by atoms with Gasteiger partial charge in [0, 0.05) is 10.7 Å². The molecule has 15 heavy (non-hydrogen) atoms. The maximum absolute atomic E-state index is 6.03. The highest BCUT2D eigenvalue weighted by molar-refractivity contribution is 6.31. The van der Waals surface area contributed by atoms with Crippen molar-refractivity contribution in [3.63, 3.8) is 0 Å². The van der Waals surface area contributed by atoms with Crippen LogP contribution >= 0.6 is 11.6 Å². The molecule has 0 amide bonds. The molecular formula is C12H18ClNO. The van der Waals surface area contributed by atoms with Gasteiger partial charge in [0.25, 0.3) is 0 Å². The van der Waals surface area contributed by atoms with Gasteiger partial charge in [-0.25, -0.2) is 0 Å². The third-order valence-electron chi connectivity index (χ3n) is 2.52. The highest BCUT2D eigenvalue weighted by Gasteiger charge is 2.08. The zero-order valence-electron chi connectivity index (χ0n) is 9.46. The van der Waals surface area contributed by atoms with E-state index in [1.165, 1.54) is 0 Å². The van der Waals surface area contributed by atoms with Gasteiger partial charge in [-0.2, -0.15) is 0 Å². The Kier molecular flexibility index (Phi) is 4.43. The Bertz CT molecular complexity index is 325. The van der Waals surface area contributed by atoms with Gasteiger partial charge in [-0.15, -0.1) is 0 Å². The second kappa shape index (κ2) is 5.38. The Morgan fingerprint density at radius 1 is 1.33 bits per heavy atom. The van der Waals surface area contributed by atoms with E-state index in [9.17, 15) is 0 Å². The third-order valence-corrected chi connectivity index (χ3v) is 2.87. The predicted molar refractivity (Wildman–Crippen MR) is 65.0 cm³/mol. The van der Waals surface area contributed by atoms with Crippen molar-refractivity contribution < 1.29 is 4.74 Å². The Labute approximate surface area is 96.4 Å². The minimum Gasteiger partial charge on any atom is -0.399 e. The van der Waals surface area contributed by atoms with Gasteiger partial charge in [-0.3, -0.25) is 0 Å². The minimum atomic E-state index is 0.235. The second-order valence-corrected chi connectivity index (χ2v) is 4.52. The van der Waals surface area contributed by atoms with Crippen LogP contribution in [-0.4, -0.2) is 6.10 Å². The molecule has 0 saturated heterocycles. The van der Waals surface area contributed by atoms with E-state index in [0.29, 0.717) is 23.2 Å². The Balaban J connectivity index is 2.58. The summed E-state index contributed by atoms with van der Waals surface area (Å²) in [6, 6.07) is 5.50. The maximum Gasteiger partial charge on any atom is 0.0735 e. The quantitative estimate of drug-likeness (QED) is 0.800. The van der Waals surface area contributed by atoms with Crippen molar-refractivity contribution in [2.45, 2.75) is 33.5 Å². The standard InChI is InChI=1S/C12H18ClNO/c1-8(2)9(3)15-7-10-4-5-11(14)6-12(10)13/h4-6,8-9H,7,14H2,1-3H3. The fourth-order valence-corrected chi connectivity index (χ4v) is 1.34. The summed E-state index contributed by atoms with van der Waals surface area (Å²) in [6.45, 7) is 6.87. The van der Waals surface area contributed by atoms with Gasteiger partial charge in [0.2, 0.25) is 0 Å². The summed E-state index contributed by atoms with van der Waals surface area (Å²) in [5, 5.41) is 0.672. The van der Waals surface area contributed by atoms with Crippen LogP contribution in [0, 0.1) is 5.92 Å². The van der Waals surface area contributed by atoms with Crippen LogP contribution in [0.4, 0.5) is 5.69 Å². The van der Waals surface area contributed by atoms with Crippen LogP contribution in [0.2, 0.25) is 5.02 Å². The minimum absolute atomic E-state index is 0.235. The lowest BCUT2D eigenvalue weighted by Gasteiger charge is -2.17. The summed E-state index contributed by atoms with van der Waals surface area (Å²) in [7, 11) is 0. The van der Waals surface area contributed by atoms with Crippen LogP contribution in [0.15, 0.2) is 18.2 Å². The van der Waals surface area contributed by atoms with Crippen LogP contribution in [-0.2, 0) is 11.3 Å². The van der Waals surface area contributed by atoms with Gasteiger partial charge in [0.05, 0.1) is 12.7 Å². The van der Waals surface area contributed by atoms with Crippen molar-refractivity contribution in [1.29, 1.82) is 0 Å².